The van der Waals surface area contributed by atoms with Gasteiger partial charge in [0.1, 0.15) is 0 Å². The van der Waals surface area contributed by atoms with Crippen molar-refractivity contribution in [1.29, 1.82) is 0 Å². The van der Waals surface area contributed by atoms with E-state index in [4.69, 9.17) is 4.74 Å². The van der Waals surface area contributed by atoms with Crippen molar-refractivity contribution in [3.8, 4) is 0 Å². The Morgan fingerprint density at radius 1 is 1.20 bits per heavy atom. The molecule has 138 valence electrons. The highest BCUT2D eigenvalue weighted by Gasteiger charge is 2.22. The highest BCUT2D eigenvalue weighted by molar-refractivity contribution is 7.10. The zero-order chi connectivity index (χ0) is 17.5. The van der Waals surface area contributed by atoms with Gasteiger partial charge in [-0.25, -0.2) is 0 Å². The van der Waals surface area contributed by atoms with Crippen molar-refractivity contribution < 1.29 is 14.3 Å². The van der Waals surface area contributed by atoms with Gasteiger partial charge in [0.2, 0.25) is 0 Å². The number of nitrogens with zero attached hydrogens (tertiary/aromatic N) is 1. The van der Waals surface area contributed by atoms with Gasteiger partial charge in [0, 0.05) is 31.1 Å². The third kappa shape index (κ3) is 5.52. The maximum atomic E-state index is 11.8. The second-order valence-electron chi connectivity index (χ2n) is 6.73. The van der Waals surface area contributed by atoms with Gasteiger partial charge in [-0.1, -0.05) is 6.07 Å². The first-order chi connectivity index (χ1) is 12.2. The zero-order valence-electron chi connectivity index (χ0n) is 14.5. The smallest absolute Gasteiger partial charge is 0.309 e. The lowest BCUT2D eigenvalue weighted by Crippen LogP contribution is -2.45. The minimum atomic E-state index is -0.563. The van der Waals surface area contributed by atoms with Crippen LogP contribution in [0.3, 0.4) is 0 Å². The van der Waals surface area contributed by atoms with Crippen LogP contribution in [0.2, 0.25) is 0 Å². The molecule has 1 atom stereocenters. The van der Waals surface area contributed by atoms with Gasteiger partial charge >= 0.3 is 11.8 Å². The number of hydrogen-bond donors (Lipinski definition) is 2. The average molecular weight is 365 g/mol. The SMILES string of the molecule is O=C(NCCN1CCC(c2cccs2)CC1)C(=O)NC[C@@H]1CCCO1. The number of likely N-dealkylation sites (tertiary alicyclic amines) is 1. The van der Waals surface area contributed by atoms with Crippen molar-refractivity contribution in [3.05, 3.63) is 22.4 Å². The van der Waals surface area contributed by atoms with E-state index in [-0.39, 0.29) is 6.10 Å². The Balaban J connectivity index is 1.27. The molecule has 1 aromatic rings. The standard InChI is InChI=1S/C18H27N3O3S/c22-17(18(23)20-13-15-3-1-11-24-15)19-7-10-21-8-5-14(6-9-21)16-4-2-12-25-16/h2,4,12,14-15H,1,3,5-11,13H2,(H,19,22)(H,20,23)/t15-/m0/s1. The van der Waals surface area contributed by atoms with E-state index in [1.54, 1.807) is 0 Å². The molecule has 0 aliphatic carbocycles. The molecule has 0 spiro atoms. The predicted molar refractivity (Wildman–Crippen MR) is 97.7 cm³/mol. The van der Waals surface area contributed by atoms with Crippen LogP contribution in [0.5, 0.6) is 0 Å². The summed E-state index contributed by atoms with van der Waals surface area (Å²) in [7, 11) is 0. The third-order valence-corrected chi connectivity index (χ3v) is 6.00. The monoisotopic (exact) mass is 365 g/mol. The molecular weight excluding hydrogens is 338 g/mol. The first kappa shape index (κ1) is 18.4. The van der Waals surface area contributed by atoms with Crippen molar-refractivity contribution in [1.82, 2.24) is 15.5 Å². The molecule has 2 aliphatic heterocycles. The number of ether oxygens (including phenoxy) is 1. The van der Waals surface area contributed by atoms with E-state index in [2.05, 4.69) is 33.0 Å². The summed E-state index contributed by atoms with van der Waals surface area (Å²) in [5.74, 6) is -0.437. The van der Waals surface area contributed by atoms with Crippen LogP contribution in [0.15, 0.2) is 17.5 Å². The topological polar surface area (TPSA) is 70.7 Å². The second-order valence-corrected chi connectivity index (χ2v) is 7.71. The molecule has 2 N–H and O–H groups in total. The van der Waals surface area contributed by atoms with Gasteiger partial charge in [0.05, 0.1) is 6.10 Å². The van der Waals surface area contributed by atoms with Gasteiger partial charge in [-0.2, -0.15) is 0 Å². The fraction of sp³-hybridized carbons (Fsp3) is 0.667. The number of nitrogens with one attached hydrogen (secondary N) is 2. The lowest BCUT2D eigenvalue weighted by Gasteiger charge is -2.31. The summed E-state index contributed by atoms with van der Waals surface area (Å²) < 4.78 is 5.43. The normalized spacial score (nSPS) is 22.0. The van der Waals surface area contributed by atoms with Crippen molar-refractivity contribution in [2.45, 2.75) is 37.7 Å². The largest absolute Gasteiger partial charge is 0.376 e. The van der Waals surface area contributed by atoms with Crippen LogP contribution < -0.4 is 10.6 Å². The molecule has 3 rings (SSSR count). The fourth-order valence-corrected chi connectivity index (χ4v) is 4.36. The predicted octanol–water partition coefficient (Wildman–Crippen LogP) is 1.34. The minimum absolute atomic E-state index is 0.0568. The molecule has 0 unspecified atom stereocenters. The van der Waals surface area contributed by atoms with Crippen molar-refractivity contribution >= 4 is 23.2 Å². The molecule has 2 amide bonds. The van der Waals surface area contributed by atoms with Crippen molar-refractivity contribution in [2.24, 2.45) is 0 Å². The Bertz CT molecular complexity index is 550. The molecule has 2 saturated heterocycles. The summed E-state index contributed by atoms with van der Waals surface area (Å²) in [5, 5.41) is 7.50. The second kappa shape index (κ2) is 9.31. The van der Waals surface area contributed by atoms with Crippen LogP contribution in [-0.4, -0.2) is 62.1 Å². The average Bonchev–Trinajstić information content (AvgIpc) is 3.34. The van der Waals surface area contributed by atoms with Gasteiger partial charge in [0.25, 0.3) is 0 Å². The summed E-state index contributed by atoms with van der Waals surface area (Å²) in [4.78, 5) is 27.4. The number of thiophene rings is 1. The van der Waals surface area contributed by atoms with E-state index in [1.807, 2.05) is 11.3 Å². The van der Waals surface area contributed by atoms with Gasteiger partial charge in [-0.3, -0.25) is 9.59 Å². The lowest BCUT2D eigenvalue weighted by molar-refractivity contribution is -0.139. The molecule has 2 aliphatic rings. The third-order valence-electron chi connectivity index (χ3n) is 4.97. The van der Waals surface area contributed by atoms with Crippen LogP contribution in [0.4, 0.5) is 0 Å². The summed E-state index contributed by atoms with van der Waals surface area (Å²) in [6, 6.07) is 4.34. The van der Waals surface area contributed by atoms with Crippen LogP contribution in [0, 0.1) is 0 Å². The van der Waals surface area contributed by atoms with Crippen molar-refractivity contribution in [2.75, 3.05) is 39.3 Å². The van der Waals surface area contributed by atoms with E-state index in [1.165, 1.54) is 4.88 Å². The maximum Gasteiger partial charge on any atom is 0.309 e. The molecule has 0 aromatic carbocycles. The van der Waals surface area contributed by atoms with Gasteiger partial charge in [0.15, 0.2) is 0 Å². The van der Waals surface area contributed by atoms with Crippen LogP contribution >= 0.6 is 11.3 Å². The zero-order valence-corrected chi connectivity index (χ0v) is 15.4. The molecular formula is C18H27N3O3S. The first-order valence-corrected chi connectivity index (χ1v) is 10.0. The molecule has 7 heteroatoms. The van der Waals surface area contributed by atoms with E-state index in [9.17, 15) is 9.59 Å². The van der Waals surface area contributed by atoms with E-state index in [0.29, 0.717) is 19.0 Å². The summed E-state index contributed by atoms with van der Waals surface area (Å²) in [6.07, 6.45) is 4.35. The molecule has 0 radical (unpaired) electrons. The highest BCUT2D eigenvalue weighted by Crippen LogP contribution is 2.30. The van der Waals surface area contributed by atoms with Crippen LogP contribution in [-0.2, 0) is 14.3 Å². The van der Waals surface area contributed by atoms with Crippen LogP contribution in [0.1, 0.15) is 36.5 Å². The Morgan fingerprint density at radius 3 is 2.68 bits per heavy atom. The summed E-state index contributed by atoms with van der Waals surface area (Å²) >= 11 is 1.84. The molecule has 25 heavy (non-hydrogen) atoms. The van der Waals surface area contributed by atoms with Crippen molar-refractivity contribution in [3.63, 3.8) is 0 Å². The quantitative estimate of drug-likeness (QED) is 0.747. The van der Waals surface area contributed by atoms with Gasteiger partial charge in [-0.15, -0.1) is 11.3 Å². The molecule has 0 saturated carbocycles. The molecule has 2 fully saturated rings. The number of piperidine rings is 1. The van der Waals surface area contributed by atoms with E-state index in [0.717, 1.165) is 51.9 Å². The number of carbonyl (C=O) groups excluding carboxylic acids is 2. The fourth-order valence-electron chi connectivity index (χ4n) is 3.46. The minimum Gasteiger partial charge on any atom is -0.376 e. The Labute approximate surface area is 152 Å². The Kier molecular flexibility index (Phi) is 6.84. The molecule has 6 nitrogen and oxygen atoms in total. The van der Waals surface area contributed by atoms with Gasteiger partial charge in [-0.05, 0) is 56.1 Å². The lowest BCUT2D eigenvalue weighted by atomic mass is 9.95. The first-order valence-electron chi connectivity index (χ1n) is 9.16. The van der Waals surface area contributed by atoms with Crippen LogP contribution in [0.25, 0.3) is 0 Å². The number of amides is 2. The number of carbonyl (C=O) groups is 2. The molecule has 3 heterocycles. The van der Waals surface area contributed by atoms with E-state index < -0.39 is 11.8 Å². The highest BCUT2D eigenvalue weighted by atomic mass is 32.1. The summed E-state index contributed by atoms with van der Waals surface area (Å²) in [6.45, 7) is 4.56. The number of rotatable bonds is 6. The maximum absolute atomic E-state index is 11.8. The van der Waals surface area contributed by atoms with Gasteiger partial charge < -0.3 is 20.3 Å². The molecule has 0 bridgehead atoms. The summed E-state index contributed by atoms with van der Waals surface area (Å²) in [5.41, 5.74) is 0. The Hall–Kier alpha value is -1.44. The Morgan fingerprint density at radius 2 is 2.00 bits per heavy atom. The number of hydrogen-bond acceptors (Lipinski definition) is 5. The molecule has 1 aromatic heterocycles. The van der Waals surface area contributed by atoms with E-state index >= 15 is 0 Å².